The lowest BCUT2D eigenvalue weighted by Gasteiger charge is -2.22. The van der Waals surface area contributed by atoms with Crippen molar-refractivity contribution in [3.8, 4) is 0 Å². The smallest absolute Gasteiger partial charge is 0.234 e. The fourth-order valence-corrected chi connectivity index (χ4v) is 2.28. The third-order valence-corrected chi connectivity index (χ3v) is 3.54. The van der Waals surface area contributed by atoms with Gasteiger partial charge in [0, 0.05) is 6.04 Å². The van der Waals surface area contributed by atoms with Gasteiger partial charge in [-0.05, 0) is 24.9 Å². The summed E-state index contributed by atoms with van der Waals surface area (Å²) in [5, 5.41) is 12.3. The summed E-state index contributed by atoms with van der Waals surface area (Å²) in [6.45, 7) is 3.31. The van der Waals surface area contributed by atoms with E-state index in [2.05, 4.69) is 17.1 Å². The van der Waals surface area contributed by atoms with Crippen LogP contribution in [0.3, 0.4) is 0 Å². The second-order valence-electron chi connectivity index (χ2n) is 5.01. The lowest BCUT2D eigenvalue weighted by Crippen LogP contribution is -2.40. The second-order valence-corrected chi connectivity index (χ2v) is 5.01. The molecule has 1 saturated carbocycles. The Kier molecular flexibility index (Phi) is 4.93. The van der Waals surface area contributed by atoms with Crippen LogP contribution in [0.4, 0.5) is 0 Å². The lowest BCUT2D eigenvalue weighted by atomic mass is 10.1. The number of likely N-dealkylation sites (N-methyl/N-ethyl adjacent to an activating group) is 1. The minimum Gasteiger partial charge on any atom is -0.394 e. The molecule has 0 saturated heterocycles. The molecule has 1 atom stereocenters. The first-order chi connectivity index (χ1) is 9.24. The average molecular weight is 262 g/mol. The van der Waals surface area contributed by atoms with E-state index in [1.165, 1.54) is 12.8 Å². The summed E-state index contributed by atoms with van der Waals surface area (Å²) in [6.07, 6.45) is 2.40. The van der Waals surface area contributed by atoms with E-state index in [1.54, 1.807) is 0 Å². The molecular formula is C15H22N2O2. The lowest BCUT2D eigenvalue weighted by molar-refractivity contribution is -0.123. The molecule has 104 valence electrons. The van der Waals surface area contributed by atoms with E-state index in [9.17, 15) is 9.90 Å². The Balaban J connectivity index is 1.89. The number of nitrogens with zero attached hydrogens (tertiary/aromatic N) is 1. The van der Waals surface area contributed by atoms with Crippen LogP contribution in [0.5, 0.6) is 0 Å². The predicted molar refractivity (Wildman–Crippen MR) is 74.7 cm³/mol. The molecule has 4 nitrogen and oxygen atoms in total. The Hall–Kier alpha value is -1.39. The first-order valence-corrected chi connectivity index (χ1v) is 6.93. The molecule has 1 aromatic carbocycles. The zero-order valence-corrected chi connectivity index (χ0v) is 11.4. The number of carbonyl (C=O) groups excluding carboxylic acids is 1. The molecule has 1 aliphatic carbocycles. The number of nitrogens with one attached hydrogen (secondary N) is 1. The van der Waals surface area contributed by atoms with Gasteiger partial charge in [-0.2, -0.15) is 0 Å². The molecule has 0 aliphatic heterocycles. The molecular weight excluding hydrogens is 240 g/mol. The van der Waals surface area contributed by atoms with Crippen molar-refractivity contribution in [2.24, 2.45) is 0 Å². The minimum atomic E-state index is -0.313. The summed E-state index contributed by atoms with van der Waals surface area (Å²) in [5.74, 6) is -0.0170. The van der Waals surface area contributed by atoms with Crippen molar-refractivity contribution in [1.82, 2.24) is 10.2 Å². The molecule has 0 spiro atoms. The molecule has 0 bridgehead atoms. The fourth-order valence-electron chi connectivity index (χ4n) is 2.28. The molecule has 1 aliphatic rings. The summed E-state index contributed by atoms with van der Waals surface area (Å²) in [4.78, 5) is 14.2. The van der Waals surface area contributed by atoms with Gasteiger partial charge in [-0.25, -0.2) is 0 Å². The van der Waals surface area contributed by atoms with Crippen LogP contribution in [-0.2, 0) is 4.79 Å². The van der Waals surface area contributed by atoms with Crippen molar-refractivity contribution in [3.63, 3.8) is 0 Å². The number of aliphatic hydroxyl groups excluding tert-OH is 1. The second kappa shape index (κ2) is 6.68. The van der Waals surface area contributed by atoms with Crippen LogP contribution >= 0.6 is 0 Å². The molecule has 2 N–H and O–H groups in total. The molecule has 1 fully saturated rings. The highest BCUT2D eigenvalue weighted by molar-refractivity contribution is 5.78. The molecule has 1 aromatic rings. The maximum absolute atomic E-state index is 12.0. The van der Waals surface area contributed by atoms with Gasteiger partial charge in [-0.3, -0.25) is 9.69 Å². The third kappa shape index (κ3) is 4.04. The summed E-state index contributed by atoms with van der Waals surface area (Å²) < 4.78 is 0. The van der Waals surface area contributed by atoms with Gasteiger partial charge in [0.2, 0.25) is 5.91 Å². The molecule has 1 amide bonds. The molecule has 19 heavy (non-hydrogen) atoms. The number of amides is 1. The monoisotopic (exact) mass is 262 g/mol. The van der Waals surface area contributed by atoms with Crippen LogP contribution in [0, 0.1) is 0 Å². The predicted octanol–water partition coefficient (Wildman–Crippen LogP) is 1.32. The van der Waals surface area contributed by atoms with Gasteiger partial charge in [0.05, 0.1) is 19.2 Å². The van der Waals surface area contributed by atoms with Crippen LogP contribution in [0.2, 0.25) is 0 Å². The molecule has 0 heterocycles. The topological polar surface area (TPSA) is 52.6 Å². The Morgan fingerprint density at radius 2 is 2.11 bits per heavy atom. The van der Waals surface area contributed by atoms with Gasteiger partial charge < -0.3 is 10.4 Å². The van der Waals surface area contributed by atoms with Gasteiger partial charge in [0.1, 0.15) is 0 Å². The van der Waals surface area contributed by atoms with Gasteiger partial charge >= 0.3 is 0 Å². The van der Waals surface area contributed by atoms with E-state index in [0.29, 0.717) is 12.6 Å². The maximum Gasteiger partial charge on any atom is 0.234 e. The zero-order valence-electron chi connectivity index (χ0n) is 11.4. The van der Waals surface area contributed by atoms with Crippen molar-refractivity contribution >= 4 is 5.91 Å². The van der Waals surface area contributed by atoms with Crippen molar-refractivity contribution in [1.29, 1.82) is 0 Å². The molecule has 2 rings (SSSR count). The highest BCUT2D eigenvalue weighted by Gasteiger charge is 2.29. The zero-order chi connectivity index (χ0) is 13.7. The number of rotatable bonds is 7. The van der Waals surface area contributed by atoms with Gasteiger partial charge in [-0.15, -0.1) is 0 Å². The third-order valence-electron chi connectivity index (χ3n) is 3.54. The van der Waals surface area contributed by atoms with Crippen LogP contribution in [0.1, 0.15) is 31.4 Å². The SMILES string of the molecule is CCN(CC(=O)NC(CO)c1ccccc1)C1CC1. The largest absolute Gasteiger partial charge is 0.394 e. The molecule has 1 unspecified atom stereocenters. The maximum atomic E-state index is 12.0. The van der Waals surface area contributed by atoms with Gasteiger partial charge in [0.15, 0.2) is 0 Å². The van der Waals surface area contributed by atoms with E-state index in [-0.39, 0.29) is 18.6 Å². The first-order valence-electron chi connectivity index (χ1n) is 6.93. The quantitative estimate of drug-likeness (QED) is 0.779. The van der Waals surface area contributed by atoms with Crippen molar-refractivity contribution in [2.45, 2.75) is 31.8 Å². The van der Waals surface area contributed by atoms with E-state index >= 15 is 0 Å². The molecule has 4 heteroatoms. The van der Waals surface area contributed by atoms with Gasteiger partial charge in [0.25, 0.3) is 0 Å². The number of hydrogen-bond donors (Lipinski definition) is 2. The minimum absolute atomic E-state index is 0.0170. The number of aliphatic hydroxyl groups is 1. The van der Waals surface area contributed by atoms with Crippen LogP contribution < -0.4 is 5.32 Å². The first kappa shape index (κ1) is 14.0. The number of hydrogen-bond acceptors (Lipinski definition) is 3. The van der Waals surface area contributed by atoms with Gasteiger partial charge in [-0.1, -0.05) is 37.3 Å². The van der Waals surface area contributed by atoms with E-state index in [1.807, 2.05) is 30.3 Å². The molecule has 0 aromatic heterocycles. The number of benzene rings is 1. The van der Waals surface area contributed by atoms with E-state index in [0.717, 1.165) is 12.1 Å². The Morgan fingerprint density at radius 1 is 1.42 bits per heavy atom. The Morgan fingerprint density at radius 3 is 2.63 bits per heavy atom. The highest BCUT2D eigenvalue weighted by atomic mass is 16.3. The standard InChI is InChI=1S/C15H22N2O2/c1-2-17(13-8-9-13)10-15(19)16-14(11-18)12-6-4-3-5-7-12/h3-7,13-14,18H,2,8-11H2,1H3,(H,16,19). The van der Waals surface area contributed by atoms with Crippen LogP contribution in [-0.4, -0.2) is 41.7 Å². The summed E-state index contributed by atoms with van der Waals surface area (Å²) >= 11 is 0. The average Bonchev–Trinajstić information content (AvgIpc) is 3.27. The van der Waals surface area contributed by atoms with Crippen molar-refractivity contribution < 1.29 is 9.90 Å². The van der Waals surface area contributed by atoms with Crippen molar-refractivity contribution in [3.05, 3.63) is 35.9 Å². The summed E-state index contributed by atoms with van der Waals surface area (Å²) in [6, 6.07) is 9.84. The normalized spacial score (nSPS) is 16.4. The van der Waals surface area contributed by atoms with E-state index in [4.69, 9.17) is 0 Å². The highest BCUT2D eigenvalue weighted by Crippen LogP contribution is 2.26. The summed E-state index contributed by atoms with van der Waals surface area (Å²) in [5.41, 5.74) is 0.938. The van der Waals surface area contributed by atoms with E-state index < -0.39 is 0 Å². The van der Waals surface area contributed by atoms with Crippen LogP contribution in [0.25, 0.3) is 0 Å². The fraction of sp³-hybridized carbons (Fsp3) is 0.533. The summed E-state index contributed by atoms with van der Waals surface area (Å²) in [7, 11) is 0. The number of carbonyl (C=O) groups is 1. The van der Waals surface area contributed by atoms with Crippen molar-refractivity contribution in [2.75, 3.05) is 19.7 Å². The van der Waals surface area contributed by atoms with Crippen LogP contribution in [0.15, 0.2) is 30.3 Å². The molecule has 0 radical (unpaired) electrons. The Labute approximate surface area is 114 Å². The Bertz CT molecular complexity index is 404.